The first kappa shape index (κ1) is 16.6. The SMILES string of the molecule is Cc1ccccc1OCC(=O)NCc1nnnn1-c1ccc(F)cc1. The summed E-state index contributed by atoms with van der Waals surface area (Å²) in [7, 11) is 0. The van der Waals surface area contributed by atoms with Gasteiger partial charge in [0.1, 0.15) is 11.6 Å². The number of ether oxygens (including phenoxy) is 1. The third-order valence-corrected chi connectivity index (χ3v) is 3.50. The number of rotatable bonds is 6. The summed E-state index contributed by atoms with van der Waals surface area (Å²) < 4.78 is 19.9. The zero-order valence-electron chi connectivity index (χ0n) is 13.5. The van der Waals surface area contributed by atoms with E-state index in [-0.39, 0.29) is 24.9 Å². The zero-order chi connectivity index (χ0) is 17.6. The number of hydrogen-bond acceptors (Lipinski definition) is 5. The van der Waals surface area contributed by atoms with Gasteiger partial charge < -0.3 is 10.1 Å². The Kier molecular flexibility index (Phi) is 4.98. The number of hydrogen-bond donors (Lipinski definition) is 1. The average Bonchev–Trinajstić information content (AvgIpc) is 3.08. The van der Waals surface area contributed by atoms with Gasteiger partial charge in [0.2, 0.25) is 0 Å². The molecule has 8 heteroatoms. The molecule has 3 rings (SSSR count). The maximum absolute atomic E-state index is 13.0. The molecule has 1 N–H and O–H groups in total. The minimum Gasteiger partial charge on any atom is -0.484 e. The van der Waals surface area contributed by atoms with Crippen molar-refractivity contribution in [2.45, 2.75) is 13.5 Å². The number of carbonyl (C=O) groups is 1. The maximum atomic E-state index is 13.0. The Bertz CT molecular complexity index is 863. The van der Waals surface area contributed by atoms with E-state index in [0.717, 1.165) is 5.56 Å². The second-order valence-electron chi connectivity index (χ2n) is 5.31. The highest BCUT2D eigenvalue weighted by atomic mass is 19.1. The van der Waals surface area contributed by atoms with Gasteiger partial charge in [0.15, 0.2) is 12.4 Å². The summed E-state index contributed by atoms with van der Waals surface area (Å²) in [6.45, 7) is 1.92. The molecular weight excluding hydrogens is 325 g/mol. The molecule has 0 radical (unpaired) electrons. The third kappa shape index (κ3) is 4.17. The fraction of sp³-hybridized carbons (Fsp3) is 0.176. The number of benzene rings is 2. The lowest BCUT2D eigenvalue weighted by molar-refractivity contribution is -0.123. The van der Waals surface area contributed by atoms with Crippen LogP contribution in [-0.2, 0) is 11.3 Å². The van der Waals surface area contributed by atoms with Crippen LogP contribution in [0.5, 0.6) is 5.75 Å². The van der Waals surface area contributed by atoms with Crippen LogP contribution in [0.1, 0.15) is 11.4 Å². The number of carbonyl (C=O) groups excluding carboxylic acids is 1. The van der Waals surface area contributed by atoms with E-state index in [1.165, 1.54) is 16.8 Å². The van der Waals surface area contributed by atoms with Crippen molar-refractivity contribution in [3.8, 4) is 11.4 Å². The van der Waals surface area contributed by atoms with Gasteiger partial charge in [0, 0.05) is 0 Å². The molecule has 0 unspecified atom stereocenters. The Labute approximate surface area is 143 Å². The van der Waals surface area contributed by atoms with E-state index in [4.69, 9.17) is 4.74 Å². The van der Waals surface area contributed by atoms with Crippen molar-refractivity contribution in [2.75, 3.05) is 6.61 Å². The number of aromatic nitrogens is 4. The molecule has 1 heterocycles. The Morgan fingerprint density at radius 1 is 1.20 bits per heavy atom. The smallest absolute Gasteiger partial charge is 0.258 e. The first-order chi connectivity index (χ1) is 12.1. The number of halogens is 1. The Hall–Kier alpha value is -3.29. The van der Waals surface area contributed by atoms with Crippen LogP contribution in [0.3, 0.4) is 0 Å². The van der Waals surface area contributed by atoms with E-state index in [0.29, 0.717) is 17.3 Å². The van der Waals surface area contributed by atoms with E-state index in [1.807, 2.05) is 25.1 Å². The third-order valence-electron chi connectivity index (χ3n) is 3.50. The number of nitrogens with one attached hydrogen (secondary N) is 1. The van der Waals surface area contributed by atoms with Crippen LogP contribution in [0.25, 0.3) is 5.69 Å². The van der Waals surface area contributed by atoms with Crippen LogP contribution in [-0.4, -0.2) is 32.7 Å². The molecule has 0 saturated carbocycles. The zero-order valence-corrected chi connectivity index (χ0v) is 13.5. The molecule has 7 nitrogen and oxygen atoms in total. The summed E-state index contributed by atoms with van der Waals surface area (Å²) in [5, 5.41) is 14.0. The van der Waals surface area contributed by atoms with E-state index in [2.05, 4.69) is 20.8 Å². The van der Waals surface area contributed by atoms with Gasteiger partial charge in [0.25, 0.3) is 5.91 Å². The molecule has 1 amide bonds. The second kappa shape index (κ2) is 7.52. The normalized spacial score (nSPS) is 10.5. The van der Waals surface area contributed by atoms with Gasteiger partial charge in [-0.1, -0.05) is 18.2 Å². The van der Waals surface area contributed by atoms with Crippen LogP contribution >= 0.6 is 0 Å². The lowest BCUT2D eigenvalue weighted by atomic mass is 10.2. The first-order valence-electron chi connectivity index (χ1n) is 7.62. The molecule has 25 heavy (non-hydrogen) atoms. The Morgan fingerprint density at radius 2 is 1.96 bits per heavy atom. The van der Waals surface area contributed by atoms with Gasteiger partial charge in [0.05, 0.1) is 12.2 Å². The Balaban J connectivity index is 1.57. The molecule has 0 aliphatic heterocycles. The van der Waals surface area contributed by atoms with Crippen LogP contribution in [0.15, 0.2) is 48.5 Å². The molecule has 0 aliphatic rings. The van der Waals surface area contributed by atoms with Crippen molar-refractivity contribution in [3.63, 3.8) is 0 Å². The van der Waals surface area contributed by atoms with E-state index < -0.39 is 0 Å². The summed E-state index contributed by atoms with van der Waals surface area (Å²) in [6.07, 6.45) is 0. The monoisotopic (exact) mass is 341 g/mol. The van der Waals surface area contributed by atoms with Crippen LogP contribution in [0, 0.1) is 12.7 Å². The highest BCUT2D eigenvalue weighted by Crippen LogP contribution is 2.15. The first-order valence-corrected chi connectivity index (χ1v) is 7.62. The molecule has 3 aromatic rings. The van der Waals surface area contributed by atoms with Crippen molar-refractivity contribution in [3.05, 3.63) is 65.7 Å². The summed E-state index contributed by atoms with van der Waals surface area (Å²) >= 11 is 0. The van der Waals surface area contributed by atoms with Crippen molar-refractivity contribution in [1.29, 1.82) is 0 Å². The van der Waals surface area contributed by atoms with Gasteiger partial charge in [-0.2, -0.15) is 4.68 Å². The number of tetrazole rings is 1. The summed E-state index contributed by atoms with van der Waals surface area (Å²) in [4.78, 5) is 12.0. The largest absolute Gasteiger partial charge is 0.484 e. The van der Waals surface area contributed by atoms with Gasteiger partial charge in [-0.05, 0) is 53.2 Å². The predicted octanol–water partition coefficient (Wildman–Crippen LogP) is 1.81. The number of nitrogens with zero attached hydrogens (tertiary/aromatic N) is 4. The second-order valence-corrected chi connectivity index (χ2v) is 5.31. The number of aryl methyl sites for hydroxylation is 1. The maximum Gasteiger partial charge on any atom is 0.258 e. The van der Waals surface area contributed by atoms with Crippen LogP contribution < -0.4 is 10.1 Å². The molecule has 0 bridgehead atoms. The van der Waals surface area contributed by atoms with Gasteiger partial charge in [-0.25, -0.2) is 4.39 Å². The summed E-state index contributed by atoms with van der Waals surface area (Å²) in [6, 6.07) is 13.2. The number of para-hydroxylation sites is 1. The minimum absolute atomic E-state index is 0.108. The topological polar surface area (TPSA) is 81.9 Å². The van der Waals surface area contributed by atoms with E-state index >= 15 is 0 Å². The lowest BCUT2D eigenvalue weighted by Gasteiger charge is -2.09. The predicted molar refractivity (Wildman–Crippen MR) is 87.6 cm³/mol. The number of amides is 1. The fourth-order valence-corrected chi connectivity index (χ4v) is 2.19. The van der Waals surface area contributed by atoms with Crippen LogP contribution in [0.2, 0.25) is 0 Å². The van der Waals surface area contributed by atoms with E-state index in [1.54, 1.807) is 18.2 Å². The lowest BCUT2D eigenvalue weighted by Crippen LogP contribution is -2.29. The fourth-order valence-electron chi connectivity index (χ4n) is 2.19. The molecule has 0 saturated heterocycles. The van der Waals surface area contributed by atoms with Crippen molar-refractivity contribution in [1.82, 2.24) is 25.5 Å². The minimum atomic E-state index is -0.347. The molecule has 0 aliphatic carbocycles. The summed E-state index contributed by atoms with van der Waals surface area (Å²) in [5.74, 6) is 0.446. The molecule has 0 atom stereocenters. The molecule has 0 fully saturated rings. The molecule has 1 aromatic heterocycles. The molecule has 128 valence electrons. The van der Waals surface area contributed by atoms with Gasteiger partial charge in [-0.15, -0.1) is 5.10 Å². The quantitative estimate of drug-likeness (QED) is 0.739. The summed E-state index contributed by atoms with van der Waals surface area (Å²) in [5.41, 5.74) is 1.56. The highest BCUT2D eigenvalue weighted by Gasteiger charge is 2.11. The molecular formula is C17H16FN5O2. The Morgan fingerprint density at radius 3 is 2.72 bits per heavy atom. The standard InChI is InChI=1S/C17H16FN5O2/c1-12-4-2-3-5-15(12)25-11-17(24)19-10-16-20-21-22-23(16)14-8-6-13(18)7-9-14/h2-9H,10-11H2,1H3,(H,19,24). The van der Waals surface area contributed by atoms with Gasteiger partial charge in [-0.3, -0.25) is 4.79 Å². The van der Waals surface area contributed by atoms with Crippen molar-refractivity contribution >= 4 is 5.91 Å². The average molecular weight is 341 g/mol. The van der Waals surface area contributed by atoms with Crippen LogP contribution in [0.4, 0.5) is 4.39 Å². The van der Waals surface area contributed by atoms with E-state index in [9.17, 15) is 9.18 Å². The van der Waals surface area contributed by atoms with Crippen molar-refractivity contribution < 1.29 is 13.9 Å². The molecule has 0 spiro atoms. The molecule has 2 aromatic carbocycles. The van der Waals surface area contributed by atoms with Gasteiger partial charge >= 0.3 is 0 Å². The van der Waals surface area contributed by atoms with Crippen molar-refractivity contribution in [2.24, 2.45) is 0 Å². The highest BCUT2D eigenvalue weighted by molar-refractivity contribution is 5.77.